The quantitative estimate of drug-likeness (QED) is 0.856. The zero-order chi connectivity index (χ0) is 12.8. The van der Waals surface area contributed by atoms with Crippen LogP contribution in [-0.4, -0.2) is 31.2 Å². The predicted molar refractivity (Wildman–Crippen MR) is 77.4 cm³/mol. The standard InChI is InChI=1S/C14H20N2O2.ClH/c15-10-12-6-7-13(18-12)14(17)16-9-8-11-4-2-1-3-5-11;/h1-5,12-13H,6-10,15H2,(H,16,17);1H/t12-,13+;/m1./s1. The molecule has 0 aromatic heterocycles. The second kappa shape index (κ2) is 8.15. The van der Waals surface area contributed by atoms with Gasteiger partial charge in [0, 0.05) is 13.1 Å². The molecule has 0 spiro atoms. The Bertz CT molecular complexity index is 386. The van der Waals surface area contributed by atoms with Crippen molar-refractivity contribution in [1.29, 1.82) is 0 Å². The second-order valence-corrected chi connectivity index (χ2v) is 4.59. The van der Waals surface area contributed by atoms with Gasteiger partial charge in [0.05, 0.1) is 6.10 Å². The van der Waals surface area contributed by atoms with Crippen LogP contribution in [0.1, 0.15) is 18.4 Å². The molecule has 0 saturated carbocycles. The van der Waals surface area contributed by atoms with Gasteiger partial charge >= 0.3 is 0 Å². The fourth-order valence-corrected chi connectivity index (χ4v) is 2.16. The summed E-state index contributed by atoms with van der Waals surface area (Å²) in [6.07, 6.45) is 2.25. The Balaban J connectivity index is 0.00000180. The molecule has 1 amide bonds. The van der Waals surface area contributed by atoms with E-state index in [0.717, 1.165) is 19.3 Å². The molecule has 1 saturated heterocycles. The molecular weight excluding hydrogens is 264 g/mol. The minimum absolute atomic E-state index is 0. The van der Waals surface area contributed by atoms with Crippen LogP contribution in [-0.2, 0) is 16.0 Å². The molecular formula is C14H21ClN2O2. The van der Waals surface area contributed by atoms with Crippen LogP contribution in [0.2, 0.25) is 0 Å². The van der Waals surface area contributed by atoms with Crippen LogP contribution in [0.15, 0.2) is 30.3 Å². The Labute approximate surface area is 120 Å². The Morgan fingerprint density at radius 1 is 1.32 bits per heavy atom. The zero-order valence-corrected chi connectivity index (χ0v) is 11.7. The first-order valence-electron chi connectivity index (χ1n) is 6.46. The fraction of sp³-hybridized carbons (Fsp3) is 0.500. The average Bonchev–Trinajstić information content (AvgIpc) is 2.89. The van der Waals surface area contributed by atoms with Crippen LogP contribution in [0, 0.1) is 0 Å². The van der Waals surface area contributed by atoms with Gasteiger partial charge in [-0.15, -0.1) is 12.4 Å². The van der Waals surface area contributed by atoms with Gasteiger partial charge in [0.25, 0.3) is 0 Å². The summed E-state index contributed by atoms with van der Waals surface area (Å²) in [5.74, 6) is -0.0121. The summed E-state index contributed by atoms with van der Waals surface area (Å²) in [7, 11) is 0. The van der Waals surface area contributed by atoms with E-state index in [0.29, 0.717) is 13.1 Å². The highest BCUT2D eigenvalue weighted by molar-refractivity contribution is 5.85. The summed E-state index contributed by atoms with van der Waals surface area (Å²) in [6.45, 7) is 1.14. The van der Waals surface area contributed by atoms with Crippen LogP contribution in [0.5, 0.6) is 0 Å². The summed E-state index contributed by atoms with van der Waals surface area (Å²) in [5.41, 5.74) is 6.74. The van der Waals surface area contributed by atoms with E-state index in [1.165, 1.54) is 5.56 Å². The van der Waals surface area contributed by atoms with Crippen LogP contribution in [0.4, 0.5) is 0 Å². The number of ether oxygens (including phenoxy) is 1. The van der Waals surface area contributed by atoms with Crippen LogP contribution in [0.3, 0.4) is 0 Å². The lowest BCUT2D eigenvalue weighted by molar-refractivity contribution is -0.131. The van der Waals surface area contributed by atoms with E-state index in [-0.39, 0.29) is 30.5 Å². The van der Waals surface area contributed by atoms with Gasteiger partial charge in [0.1, 0.15) is 6.10 Å². The van der Waals surface area contributed by atoms with E-state index >= 15 is 0 Å². The van der Waals surface area contributed by atoms with Gasteiger partial charge < -0.3 is 15.8 Å². The van der Waals surface area contributed by atoms with E-state index in [9.17, 15) is 4.79 Å². The summed E-state index contributed by atoms with van der Waals surface area (Å²) >= 11 is 0. The maximum absolute atomic E-state index is 11.8. The lowest BCUT2D eigenvalue weighted by Crippen LogP contribution is -2.36. The molecule has 1 heterocycles. The SMILES string of the molecule is Cl.NC[C@H]1CC[C@@H](C(=O)NCCc2ccccc2)O1. The van der Waals surface area contributed by atoms with E-state index in [4.69, 9.17) is 10.5 Å². The number of hydrogen-bond donors (Lipinski definition) is 2. The predicted octanol–water partition coefficient (Wildman–Crippen LogP) is 1.27. The van der Waals surface area contributed by atoms with E-state index in [1.54, 1.807) is 0 Å². The van der Waals surface area contributed by atoms with Crippen molar-refractivity contribution in [2.75, 3.05) is 13.1 Å². The van der Waals surface area contributed by atoms with E-state index < -0.39 is 0 Å². The van der Waals surface area contributed by atoms with Crippen molar-refractivity contribution >= 4 is 18.3 Å². The van der Waals surface area contributed by atoms with Gasteiger partial charge in [-0.05, 0) is 24.8 Å². The summed E-state index contributed by atoms with van der Waals surface area (Å²) in [4.78, 5) is 11.8. The highest BCUT2D eigenvalue weighted by Gasteiger charge is 2.29. The van der Waals surface area contributed by atoms with Crippen molar-refractivity contribution in [3.8, 4) is 0 Å². The largest absolute Gasteiger partial charge is 0.364 e. The lowest BCUT2D eigenvalue weighted by Gasteiger charge is -2.12. The minimum atomic E-state index is -0.311. The molecule has 19 heavy (non-hydrogen) atoms. The summed E-state index contributed by atoms with van der Waals surface area (Å²) < 4.78 is 5.54. The Morgan fingerprint density at radius 3 is 2.68 bits per heavy atom. The third kappa shape index (κ3) is 4.82. The number of amides is 1. The molecule has 5 heteroatoms. The highest BCUT2D eigenvalue weighted by atomic mass is 35.5. The molecule has 1 aliphatic rings. The molecule has 1 aliphatic heterocycles. The van der Waals surface area contributed by atoms with Crippen LogP contribution < -0.4 is 11.1 Å². The number of carbonyl (C=O) groups is 1. The first-order chi connectivity index (χ1) is 8.79. The van der Waals surface area contributed by atoms with Gasteiger partial charge in [0.15, 0.2) is 0 Å². The smallest absolute Gasteiger partial charge is 0.249 e. The van der Waals surface area contributed by atoms with Crippen molar-refractivity contribution in [2.45, 2.75) is 31.5 Å². The number of nitrogens with one attached hydrogen (secondary N) is 1. The van der Waals surface area contributed by atoms with Crippen molar-refractivity contribution in [3.63, 3.8) is 0 Å². The Hall–Kier alpha value is -1.10. The molecule has 4 nitrogen and oxygen atoms in total. The van der Waals surface area contributed by atoms with Crippen LogP contribution in [0.25, 0.3) is 0 Å². The number of nitrogens with two attached hydrogens (primary N) is 1. The second-order valence-electron chi connectivity index (χ2n) is 4.59. The highest BCUT2D eigenvalue weighted by Crippen LogP contribution is 2.18. The summed E-state index contributed by atoms with van der Waals surface area (Å²) in [5, 5.41) is 2.91. The Kier molecular flexibility index (Phi) is 6.84. The molecule has 106 valence electrons. The third-order valence-electron chi connectivity index (χ3n) is 3.22. The molecule has 1 aromatic carbocycles. The Morgan fingerprint density at radius 2 is 2.05 bits per heavy atom. The summed E-state index contributed by atoms with van der Waals surface area (Å²) in [6, 6.07) is 10.1. The number of carbonyl (C=O) groups excluding carboxylic acids is 1. The number of halogens is 1. The number of rotatable bonds is 5. The van der Waals surface area contributed by atoms with E-state index in [1.807, 2.05) is 18.2 Å². The topological polar surface area (TPSA) is 64.4 Å². The van der Waals surface area contributed by atoms with Crippen molar-refractivity contribution in [3.05, 3.63) is 35.9 Å². The van der Waals surface area contributed by atoms with Crippen molar-refractivity contribution in [2.24, 2.45) is 5.73 Å². The van der Waals surface area contributed by atoms with Gasteiger partial charge in [-0.25, -0.2) is 0 Å². The number of hydrogen-bond acceptors (Lipinski definition) is 3. The van der Waals surface area contributed by atoms with Crippen molar-refractivity contribution in [1.82, 2.24) is 5.32 Å². The van der Waals surface area contributed by atoms with Gasteiger partial charge in [-0.3, -0.25) is 4.79 Å². The lowest BCUT2D eigenvalue weighted by atomic mass is 10.1. The van der Waals surface area contributed by atoms with Gasteiger partial charge in [0.2, 0.25) is 5.91 Å². The molecule has 0 bridgehead atoms. The number of benzene rings is 1. The molecule has 2 rings (SSSR count). The monoisotopic (exact) mass is 284 g/mol. The molecule has 0 aliphatic carbocycles. The molecule has 2 atom stereocenters. The first-order valence-corrected chi connectivity index (χ1v) is 6.46. The molecule has 3 N–H and O–H groups in total. The first kappa shape index (κ1) is 16.0. The van der Waals surface area contributed by atoms with Crippen molar-refractivity contribution < 1.29 is 9.53 Å². The average molecular weight is 285 g/mol. The molecule has 1 aromatic rings. The molecule has 0 unspecified atom stereocenters. The molecule has 0 radical (unpaired) electrons. The van der Waals surface area contributed by atoms with E-state index in [2.05, 4.69) is 17.4 Å². The van der Waals surface area contributed by atoms with Gasteiger partial charge in [-0.2, -0.15) is 0 Å². The maximum Gasteiger partial charge on any atom is 0.249 e. The third-order valence-corrected chi connectivity index (χ3v) is 3.22. The van der Waals surface area contributed by atoms with Gasteiger partial charge in [-0.1, -0.05) is 30.3 Å². The maximum atomic E-state index is 11.8. The fourth-order valence-electron chi connectivity index (χ4n) is 2.16. The molecule has 1 fully saturated rings. The zero-order valence-electron chi connectivity index (χ0n) is 10.9. The normalized spacial score (nSPS) is 21.7. The van der Waals surface area contributed by atoms with Crippen LogP contribution >= 0.6 is 12.4 Å². The minimum Gasteiger partial charge on any atom is -0.364 e.